The molecular weight excluding hydrogens is 394 g/mol. The van der Waals surface area contributed by atoms with E-state index >= 15 is 0 Å². The van der Waals surface area contributed by atoms with Crippen molar-refractivity contribution in [2.75, 3.05) is 39.2 Å². The number of piperidine rings is 1. The van der Waals surface area contributed by atoms with Crippen LogP contribution in [0.15, 0.2) is 12.1 Å². The summed E-state index contributed by atoms with van der Waals surface area (Å²) in [5.74, 6) is 0.874. The van der Waals surface area contributed by atoms with Gasteiger partial charge in [0, 0.05) is 25.1 Å². The molecule has 162 valence electrons. The van der Waals surface area contributed by atoms with E-state index in [1.807, 2.05) is 4.90 Å². The predicted octanol–water partition coefficient (Wildman–Crippen LogP) is 3.07. The van der Waals surface area contributed by atoms with Gasteiger partial charge in [0.15, 0.2) is 11.5 Å². The highest BCUT2D eigenvalue weighted by molar-refractivity contribution is 6.05. The standard InChI is InChI=1S/C21H31N3O4.ClH/c1-27-18-11-16(21(26)24-9-4-3-5-10-24)17(12-19(18)28-2)23-20(25)15-8-6-7-14(15)13-22;/h11-12,14-15H,3-10,13,22H2,1-2H3,(H,23,25);1H/t14-,15-;/m1./s1. The lowest BCUT2D eigenvalue weighted by molar-refractivity contribution is -0.120. The van der Waals surface area contributed by atoms with Gasteiger partial charge >= 0.3 is 0 Å². The lowest BCUT2D eigenvalue weighted by Gasteiger charge is -2.28. The van der Waals surface area contributed by atoms with Crippen molar-refractivity contribution in [3.63, 3.8) is 0 Å². The molecule has 1 heterocycles. The number of nitrogens with two attached hydrogens (primary N) is 1. The number of hydrogen-bond acceptors (Lipinski definition) is 5. The van der Waals surface area contributed by atoms with E-state index in [9.17, 15) is 9.59 Å². The molecule has 2 atom stereocenters. The first kappa shape index (κ1) is 23.3. The van der Waals surface area contributed by atoms with Gasteiger partial charge in [-0.2, -0.15) is 0 Å². The molecule has 0 spiro atoms. The smallest absolute Gasteiger partial charge is 0.256 e. The number of methoxy groups -OCH3 is 2. The number of carbonyl (C=O) groups is 2. The van der Waals surface area contributed by atoms with Gasteiger partial charge in [-0.15, -0.1) is 12.4 Å². The fourth-order valence-electron chi connectivity index (χ4n) is 4.32. The molecular formula is C21H32ClN3O4. The molecule has 0 bridgehead atoms. The van der Waals surface area contributed by atoms with E-state index in [4.69, 9.17) is 15.2 Å². The highest BCUT2D eigenvalue weighted by Gasteiger charge is 2.33. The van der Waals surface area contributed by atoms with E-state index in [0.717, 1.165) is 51.6 Å². The Morgan fingerprint density at radius 3 is 2.34 bits per heavy atom. The average molecular weight is 426 g/mol. The first-order valence-corrected chi connectivity index (χ1v) is 10.1. The van der Waals surface area contributed by atoms with E-state index in [0.29, 0.717) is 29.3 Å². The Morgan fingerprint density at radius 2 is 1.72 bits per heavy atom. The Morgan fingerprint density at radius 1 is 1.07 bits per heavy atom. The SMILES string of the molecule is COc1cc(NC(=O)[C@@H]2CCC[C@@H]2CN)c(C(=O)N2CCCCC2)cc1OC.Cl. The Kier molecular flexibility index (Phi) is 8.59. The zero-order valence-electron chi connectivity index (χ0n) is 17.2. The molecule has 1 aromatic rings. The lowest BCUT2D eigenvalue weighted by Crippen LogP contribution is -2.36. The van der Waals surface area contributed by atoms with Crippen LogP contribution in [0.5, 0.6) is 11.5 Å². The van der Waals surface area contributed by atoms with Crippen LogP contribution in [0.2, 0.25) is 0 Å². The van der Waals surface area contributed by atoms with Crippen LogP contribution in [0.1, 0.15) is 48.9 Å². The molecule has 1 aliphatic heterocycles. The number of hydrogen-bond donors (Lipinski definition) is 2. The second-order valence-corrected chi connectivity index (χ2v) is 7.63. The predicted molar refractivity (Wildman–Crippen MR) is 115 cm³/mol. The highest BCUT2D eigenvalue weighted by atomic mass is 35.5. The number of ether oxygens (including phenoxy) is 2. The molecule has 0 aromatic heterocycles. The van der Waals surface area contributed by atoms with Crippen molar-refractivity contribution >= 4 is 29.9 Å². The number of anilines is 1. The minimum absolute atomic E-state index is 0. The molecule has 2 amide bonds. The summed E-state index contributed by atoms with van der Waals surface area (Å²) in [6, 6.07) is 3.35. The van der Waals surface area contributed by atoms with Crippen LogP contribution >= 0.6 is 12.4 Å². The number of amides is 2. The molecule has 0 unspecified atom stereocenters. The third-order valence-electron chi connectivity index (χ3n) is 5.95. The second-order valence-electron chi connectivity index (χ2n) is 7.63. The van der Waals surface area contributed by atoms with E-state index in [2.05, 4.69) is 5.32 Å². The van der Waals surface area contributed by atoms with Crippen LogP contribution in [0.3, 0.4) is 0 Å². The Bertz CT molecular complexity index is 722. The van der Waals surface area contributed by atoms with Crippen molar-refractivity contribution in [1.82, 2.24) is 4.90 Å². The van der Waals surface area contributed by atoms with Gasteiger partial charge in [-0.05, 0) is 50.6 Å². The summed E-state index contributed by atoms with van der Waals surface area (Å²) in [6.45, 7) is 1.97. The number of benzene rings is 1. The van der Waals surface area contributed by atoms with Gasteiger partial charge in [0.1, 0.15) is 0 Å². The number of carbonyl (C=O) groups excluding carboxylic acids is 2. The van der Waals surface area contributed by atoms with Crippen molar-refractivity contribution < 1.29 is 19.1 Å². The van der Waals surface area contributed by atoms with Crippen LogP contribution in [-0.2, 0) is 4.79 Å². The summed E-state index contributed by atoms with van der Waals surface area (Å²) < 4.78 is 10.8. The first-order valence-electron chi connectivity index (χ1n) is 10.1. The van der Waals surface area contributed by atoms with Crippen LogP contribution in [-0.4, -0.2) is 50.6 Å². The number of nitrogens with one attached hydrogen (secondary N) is 1. The summed E-state index contributed by atoms with van der Waals surface area (Å²) in [6.07, 6.45) is 5.95. The minimum atomic E-state index is -0.115. The van der Waals surface area contributed by atoms with E-state index in [1.54, 1.807) is 12.1 Å². The molecule has 1 aliphatic carbocycles. The molecule has 29 heavy (non-hydrogen) atoms. The first-order chi connectivity index (χ1) is 13.6. The summed E-state index contributed by atoms with van der Waals surface area (Å²) in [5.41, 5.74) is 6.75. The average Bonchev–Trinajstić information content (AvgIpc) is 3.22. The topological polar surface area (TPSA) is 93.9 Å². The zero-order valence-corrected chi connectivity index (χ0v) is 18.1. The summed E-state index contributed by atoms with van der Waals surface area (Å²) >= 11 is 0. The van der Waals surface area contributed by atoms with Gasteiger partial charge in [0.25, 0.3) is 5.91 Å². The molecule has 2 fully saturated rings. The maximum Gasteiger partial charge on any atom is 0.256 e. The molecule has 1 saturated carbocycles. The van der Waals surface area contributed by atoms with Crippen LogP contribution in [0.25, 0.3) is 0 Å². The van der Waals surface area contributed by atoms with Gasteiger partial charge < -0.3 is 25.4 Å². The van der Waals surface area contributed by atoms with Crippen LogP contribution < -0.4 is 20.5 Å². The van der Waals surface area contributed by atoms with Crippen molar-refractivity contribution in [2.24, 2.45) is 17.6 Å². The minimum Gasteiger partial charge on any atom is -0.493 e. The van der Waals surface area contributed by atoms with E-state index < -0.39 is 0 Å². The fourth-order valence-corrected chi connectivity index (χ4v) is 4.32. The number of rotatable bonds is 6. The Hall–Kier alpha value is -1.99. The van der Waals surface area contributed by atoms with E-state index in [1.165, 1.54) is 14.2 Å². The van der Waals surface area contributed by atoms with Crippen molar-refractivity contribution in [3.05, 3.63) is 17.7 Å². The molecule has 7 nitrogen and oxygen atoms in total. The molecule has 0 radical (unpaired) electrons. The largest absolute Gasteiger partial charge is 0.493 e. The maximum atomic E-state index is 13.2. The third kappa shape index (κ3) is 5.14. The van der Waals surface area contributed by atoms with E-state index in [-0.39, 0.29) is 36.1 Å². The Labute approximate surface area is 178 Å². The molecule has 1 saturated heterocycles. The number of likely N-dealkylation sites (tertiary alicyclic amines) is 1. The van der Waals surface area contributed by atoms with Crippen LogP contribution in [0.4, 0.5) is 5.69 Å². The Balaban J connectivity index is 0.00000300. The molecule has 8 heteroatoms. The highest BCUT2D eigenvalue weighted by Crippen LogP contribution is 2.36. The molecule has 1 aromatic carbocycles. The summed E-state index contributed by atoms with van der Waals surface area (Å²) in [7, 11) is 3.08. The van der Waals surface area contributed by atoms with Gasteiger partial charge in [-0.1, -0.05) is 6.42 Å². The van der Waals surface area contributed by atoms with Gasteiger partial charge in [-0.3, -0.25) is 9.59 Å². The van der Waals surface area contributed by atoms with Crippen molar-refractivity contribution in [1.29, 1.82) is 0 Å². The normalized spacial score (nSPS) is 21.3. The molecule has 2 aliphatic rings. The summed E-state index contributed by atoms with van der Waals surface area (Å²) in [4.78, 5) is 27.9. The van der Waals surface area contributed by atoms with Gasteiger partial charge in [0.2, 0.25) is 5.91 Å². The van der Waals surface area contributed by atoms with Crippen LogP contribution in [0, 0.1) is 11.8 Å². The third-order valence-corrected chi connectivity index (χ3v) is 5.95. The molecule has 3 rings (SSSR count). The zero-order chi connectivity index (χ0) is 20.1. The summed E-state index contributed by atoms with van der Waals surface area (Å²) in [5, 5.41) is 2.99. The number of halogens is 1. The van der Waals surface area contributed by atoms with Gasteiger partial charge in [-0.25, -0.2) is 0 Å². The molecule has 3 N–H and O–H groups in total. The van der Waals surface area contributed by atoms with Crippen molar-refractivity contribution in [3.8, 4) is 11.5 Å². The quantitative estimate of drug-likeness (QED) is 0.730. The number of nitrogens with zero attached hydrogens (tertiary/aromatic N) is 1. The lowest BCUT2D eigenvalue weighted by atomic mass is 9.95. The monoisotopic (exact) mass is 425 g/mol. The maximum absolute atomic E-state index is 13.2. The van der Waals surface area contributed by atoms with Crippen molar-refractivity contribution in [2.45, 2.75) is 38.5 Å². The second kappa shape index (κ2) is 10.7. The fraction of sp³-hybridized carbons (Fsp3) is 0.619. The van der Waals surface area contributed by atoms with Gasteiger partial charge in [0.05, 0.1) is 25.5 Å².